The maximum atomic E-state index is 12.8. The number of carbonyl (C=O) groups is 1. The summed E-state index contributed by atoms with van der Waals surface area (Å²) in [6.07, 6.45) is 5.95. The lowest BCUT2D eigenvalue weighted by Crippen LogP contribution is -2.28. The van der Waals surface area contributed by atoms with Crippen molar-refractivity contribution in [1.82, 2.24) is 4.90 Å². The first kappa shape index (κ1) is 18.5. The van der Waals surface area contributed by atoms with Gasteiger partial charge in [0.05, 0.1) is 14.2 Å². The molecule has 0 aromatic heterocycles. The van der Waals surface area contributed by atoms with Crippen molar-refractivity contribution in [2.24, 2.45) is 0 Å². The summed E-state index contributed by atoms with van der Waals surface area (Å²) in [5.41, 5.74) is 5.18. The molecule has 144 valence electrons. The van der Waals surface area contributed by atoms with Crippen LogP contribution in [0.1, 0.15) is 27.9 Å². The fourth-order valence-electron chi connectivity index (χ4n) is 3.92. The number of ether oxygens (including phenoxy) is 2. The van der Waals surface area contributed by atoms with Crippen molar-refractivity contribution in [1.29, 1.82) is 0 Å². The third-order valence-corrected chi connectivity index (χ3v) is 5.46. The maximum Gasteiger partial charge on any atom is 0.189 e. The van der Waals surface area contributed by atoms with E-state index in [0.717, 1.165) is 42.8 Å². The molecule has 4 nitrogen and oxygen atoms in total. The second-order valence-corrected chi connectivity index (χ2v) is 7.29. The van der Waals surface area contributed by atoms with E-state index in [1.807, 2.05) is 12.1 Å². The number of allylic oxidation sites excluding steroid dienone is 2. The molecule has 0 saturated carbocycles. The van der Waals surface area contributed by atoms with E-state index in [1.165, 1.54) is 11.1 Å². The van der Waals surface area contributed by atoms with E-state index in [1.54, 1.807) is 20.3 Å². The highest BCUT2D eigenvalue weighted by Gasteiger charge is 2.27. The van der Waals surface area contributed by atoms with E-state index in [0.29, 0.717) is 17.9 Å². The first-order valence-corrected chi connectivity index (χ1v) is 9.63. The van der Waals surface area contributed by atoms with Gasteiger partial charge in [-0.1, -0.05) is 42.5 Å². The van der Waals surface area contributed by atoms with Crippen LogP contribution < -0.4 is 9.47 Å². The van der Waals surface area contributed by atoms with Gasteiger partial charge in [0.15, 0.2) is 17.3 Å². The minimum atomic E-state index is 0.101. The second-order valence-electron chi connectivity index (χ2n) is 7.29. The summed E-state index contributed by atoms with van der Waals surface area (Å²) in [7, 11) is 3.21. The molecule has 0 radical (unpaired) electrons. The van der Waals surface area contributed by atoms with Gasteiger partial charge in [-0.25, -0.2) is 0 Å². The SMILES string of the molecule is COc1cc2c(cc1OC)C(=O)/C(=C/C1=CCN(Cc3ccccc3)CC1)C2. The molecule has 4 heteroatoms. The summed E-state index contributed by atoms with van der Waals surface area (Å²) >= 11 is 0. The van der Waals surface area contributed by atoms with Crippen molar-refractivity contribution in [3.8, 4) is 11.5 Å². The first-order chi connectivity index (χ1) is 13.7. The minimum Gasteiger partial charge on any atom is -0.493 e. The third kappa shape index (κ3) is 3.73. The molecule has 4 rings (SSSR count). The molecule has 0 spiro atoms. The Morgan fingerprint density at radius 1 is 1.07 bits per heavy atom. The summed E-state index contributed by atoms with van der Waals surface area (Å²) in [6.45, 7) is 2.88. The Balaban J connectivity index is 1.47. The number of hydrogen-bond acceptors (Lipinski definition) is 4. The van der Waals surface area contributed by atoms with Crippen molar-refractivity contribution in [3.05, 3.63) is 82.5 Å². The normalized spacial score (nSPS) is 18.1. The number of ketones is 1. The molecule has 1 aliphatic heterocycles. The van der Waals surface area contributed by atoms with Crippen LogP contribution in [0.3, 0.4) is 0 Å². The summed E-state index contributed by atoms with van der Waals surface area (Å²) in [5.74, 6) is 1.37. The van der Waals surface area contributed by atoms with Crippen LogP contribution in [0.4, 0.5) is 0 Å². The predicted molar refractivity (Wildman–Crippen MR) is 110 cm³/mol. The van der Waals surface area contributed by atoms with Crippen molar-refractivity contribution >= 4 is 5.78 Å². The number of nitrogens with zero attached hydrogens (tertiary/aromatic N) is 1. The van der Waals surface area contributed by atoms with Gasteiger partial charge >= 0.3 is 0 Å². The van der Waals surface area contributed by atoms with E-state index >= 15 is 0 Å². The number of hydrogen-bond donors (Lipinski definition) is 0. The largest absolute Gasteiger partial charge is 0.493 e. The quantitative estimate of drug-likeness (QED) is 0.734. The zero-order valence-corrected chi connectivity index (χ0v) is 16.4. The molecule has 0 saturated heterocycles. The van der Waals surface area contributed by atoms with Crippen molar-refractivity contribution < 1.29 is 14.3 Å². The molecule has 2 aromatic rings. The Bertz CT molecular complexity index is 944. The lowest BCUT2D eigenvalue weighted by atomic mass is 10.0. The Kier molecular flexibility index (Phi) is 5.31. The second kappa shape index (κ2) is 8.03. The molecule has 0 unspecified atom stereocenters. The average Bonchev–Trinajstić information content (AvgIpc) is 3.03. The van der Waals surface area contributed by atoms with E-state index in [-0.39, 0.29) is 5.78 Å². The smallest absolute Gasteiger partial charge is 0.189 e. The zero-order valence-electron chi connectivity index (χ0n) is 16.4. The third-order valence-electron chi connectivity index (χ3n) is 5.46. The van der Waals surface area contributed by atoms with E-state index in [9.17, 15) is 4.79 Å². The molecule has 2 aliphatic rings. The molecular weight excluding hydrogens is 350 g/mol. The molecule has 0 N–H and O–H groups in total. The van der Waals surface area contributed by atoms with E-state index in [2.05, 4.69) is 41.3 Å². The molecule has 28 heavy (non-hydrogen) atoms. The minimum absolute atomic E-state index is 0.101. The monoisotopic (exact) mass is 375 g/mol. The zero-order chi connectivity index (χ0) is 19.5. The van der Waals surface area contributed by atoms with Gasteiger partial charge in [-0.15, -0.1) is 0 Å². The van der Waals surface area contributed by atoms with Crippen LogP contribution in [-0.2, 0) is 13.0 Å². The predicted octanol–water partition coefficient (Wildman–Crippen LogP) is 4.20. The summed E-state index contributed by atoms with van der Waals surface area (Å²) < 4.78 is 10.7. The van der Waals surface area contributed by atoms with Crippen LogP contribution in [0, 0.1) is 0 Å². The molecule has 2 aromatic carbocycles. The highest BCUT2D eigenvalue weighted by atomic mass is 16.5. The number of fused-ring (bicyclic) bond motifs is 1. The topological polar surface area (TPSA) is 38.8 Å². The molecule has 1 heterocycles. The van der Waals surface area contributed by atoms with Crippen LogP contribution >= 0.6 is 0 Å². The van der Waals surface area contributed by atoms with E-state index in [4.69, 9.17) is 9.47 Å². The van der Waals surface area contributed by atoms with Gasteiger partial charge in [-0.2, -0.15) is 0 Å². The Hall–Kier alpha value is -2.85. The van der Waals surface area contributed by atoms with Crippen LogP contribution in [0.5, 0.6) is 11.5 Å². The molecule has 0 atom stereocenters. The van der Waals surface area contributed by atoms with Gasteiger partial charge in [0, 0.05) is 37.2 Å². The summed E-state index contributed by atoms with van der Waals surface area (Å²) in [4.78, 5) is 15.3. The number of Topliss-reactive ketones (excluding diaryl/α,β-unsaturated/α-hetero) is 1. The van der Waals surface area contributed by atoms with Gasteiger partial charge in [0.1, 0.15) is 0 Å². The molecule has 0 bridgehead atoms. The molecule has 0 fully saturated rings. The number of benzene rings is 2. The maximum absolute atomic E-state index is 12.8. The molecular formula is C24H25NO3. The van der Waals surface area contributed by atoms with Crippen LogP contribution in [0.15, 0.2) is 65.8 Å². The molecule has 0 amide bonds. The number of methoxy groups -OCH3 is 2. The average molecular weight is 375 g/mol. The van der Waals surface area contributed by atoms with Crippen LogP contribution in [-0.4, -0.2) is 38.0 Å². The van der Waals surface area contributed by atoms with Gasteiger partial charge in [0.2, 0.25) is 0 Å². The van der Waals surface area contributed by atoms with Crippen LogP contribution in [0.25, 0.3) is 0 Å². The van der Waals surface area contributed by atoms with Gasteiger partial charge < -0.3 is 9.47 Å². The number of carbonyl (C=O) groups excluding carboxylic acids is 1. The Labute approximate surface area is 166 Å². The van der Waals surface area contributed by atoms with Crippen molar-refractivity contribution in [3.63, 3.8) is 0 Å². The standard InChI is InChI=1S/C24H25NO3/c1-27-22-14-19-13-20(24(26)21(19)15-23(22)28-2)12-17-8-10-25(11-9-17)16-18-6-4-3-5-7-18/h3-8,12,14-15H,9-11,13,16H2,1-2H3/b20-12+. The van der Waals surface area contributed by atoms with Gasteiger partial charge in [-0.05, 0) is 35.3 Å². The highest BCUT2D eigenvalue weighted by Crippen LogP contribution is 2.37. The van der Waals surface area contributed by atoms with Gasteiger partial charge in [-0.3, -0.25) is 9.69 Å². The lowest BCUT2D eigenvalue weighted by molar-refractivity contribution is 0.103. The fourth-order valence-corrected chi connectivity index (χ4v) is 3.92. The van der Waals surface area contributed by atoms with E-state index < -0.39 is 0 Å². The van der Waals surface area contributed by atoms with Crippen molar-refractivity contribution in [2.75, 3.05) is 27.3 Å². The Morgan fingerprint density at radius 3 is 2.50 bits per heavy atom. The van der Waals surface area contributed by atoms with Gasteiger partial charge in [0.25, 0.3) is 0 Å². The van der Waals surface area contributed by atoms with Crippen molar-refractivity contribution in [2.45, 2.75) is 19.4 Å². The lowest BCUT2D eigenvalue weighted by Gasteiger charge is -2.25. The van der Waals surface area contributed by atoms with Crippen LogP contribution in [0.2, 0.25) is 0 Å². The number of rotatable bonds is 5. The highest BCUT2D eigenvalue weighted by molar-refractivity contribution is 6.13. The fraction of sp³-hybridized carbons (Fsp3) is 0.292. The Morgan fingerprint density at radius 2 is 1.82 bits per heavy atom. The molecule has 1 aliphatic carbocycles. The summed E-state index contributed by atoms with van der Waals surface area (Å²) in [5, 5.41) is 0. The first-order valence-electron chi connectivity index (χ1n) is 9.63. The summed E-state index contributed by atoms with van der Waals surface area (Å²) in [6, 6.07) is 14.3.